The summed E-state index contributed by atoms with van der Waals surface area (Å²) < 4.78 is 44.3. The molecule has 0 aromatic carbocycles. The number of nitrogens with zero attached hydrogens (tertiary/aromatic N) is 2. The number of hydrogen-bond acceptors (Lipinski definition) is 3. The molecule has 102 valence electrons. The predicted molar refractivity (Wildman–Crippen MR) is 58.3 cm³/mol. The number of ether oxygens (including phenoxy) is 1. The molecule has 5 nitrogen and oxygen atoms in total. The van der Waals surface area contributed by atoms with Gasteiger partial charge in [0.1, 0.15) is 0 Å². The number of aromatic carboxylic acids is 1. The van der Waals surface area contributed by atoms with Crippen LogP contribution in [0.15, 0.2) is 18.3 Å². The SMILES string of the molecule is CCOc1cccn2c(C(=O)O)c(C(F)(F)F)nc12. The fourth-order valence-corrected chi connectivity index (χ4v) is 1.71. The number of carboxylic acid groups (broad SMARTS) is 1. The van der Waals surface area contributed by atoms with Crippen LogP contribution in [0.4, 0.5) is 13.2 Å². The number of carbonyl (C=O) groups is 1. The Labute approximate surface area is 105 Å². The summed E-state index contributed by atoms with van der Waals surface area (Å²) in [6.45, 7) is 1.89. The molecule has 0 atom stereocenters. The van der Waals surface area contributed by atoms with Crippen LogP contribution in [0.25, 0.3) is 5.65 Å². The summed E-state index contributed by atoms with van der Waals surface area (Å²) in [4.78, 5) is 14.4. The summed E-state index contributed by atoms with van der Waals surface area (Å²) in [5, 5.41) is 8.94. The zero-order valence-electron chi connectivity index (χ0n) is 9.73. The lowest BCUT2D eigenvalue weighted by Crippen LogP contribution is -2.13. The molecule has 0 amide bonds. The summed E-state index contributed by atoms with van der Waals surface area (Å²) in [6, 6.07) is 2.82. The average Bonchev–Trinajstić information content (AvgIpc) is 2.69. The first-order chi connectivity index (χ1) is 8.86. The minimum atomic E-state index is -4.84. The van der Waals surface area contributed by atoms with Crippen molar-refractivity contribution in [3.8, 4) is 5.75 Å². The molecule has 0 unspecified atom stereocenters. The second-order valence-electron chi connectivity index (χ2n) is 3.61. The number of aromatic nitrogens is 2. The van der Waals surface area contributed by atoms with Gasteiger partial charge in [0.05, 0.1) is 6.61 Å². The van der Waals surface area contributed by atoms with Crippen LogP contribution in [0.3, 0.4) is 0 Å². The molecule has 0 aliphatic rings. The van der Waals surface area contributed by atoms with Crippen molar-refractivity contribution in [1.29, 1.82) is 0 Å². The fraction of sp³-hybridized carbons (Fsp3) is 0.273. The van der Waals surface area contributed by atoms with Crippen LogP contribution in [0, 0.1) is 0 Å². The average molecular weight is 274 g/mol. The van der Waals surface area contributed by atoms with Gasteiger partial charge in [0.15, 0.2) is 22.8 Å². The Hall–Kier alpha value is -2.25. The van der Waals surface area contributed by atoms with Crippen molar-refractivity contribution < 1.29 is 27.8 Å². The molecule has 0 saturated heterocycles. The van der Waals surface area contributed by atoms with E-state index in [1.807, 2.05) is 0 Å². The molecule has 2 heterocycles. The maximum atomic E-state index is 12.8. The van der Waals surface area contributed by atoms with Crippen molar-refractivity contribution >= 4 is 11.6 Å². The first-order valence-corrected chi connectivity index (χ1v) is 5.30. The monoisotopic (exact) mass is 274 g/mol. The number of hydrogen-bond donors (Lipinski definition) is 1. The van der Waals surface area contributed by atoms with E-state index in [0.717, 1.165) is 4.40 Å². The molecule has 8 heteroatoms. The van der Waals surface area contributed by atoms with Gasteiger partial charge in [0.2, 0.25) is 0 Å². The molecule has 0 spiro atoms. The lowest BCUT2D eigenvalue weighted by molar-refractivity contribution is -0.141. The summed E-state index contributed by atoms with van der Waals surface area (Å²) >= 11 is 0. The molecule has 19 heavy (non-hydrogen) atoms. The number of rotatable bonds is 3. The molecule has 2 aromatic heterocycles. The quantitative estimate of drug-likeness (QED) is 0.933. The maximum Gasteiger partial charge on any atom is 0.435 e. The van der Waals surface area contributed by atoms with Gasteiger partial charge in [-0.05, 0) is 19.1 Å². The van der Waals surface area contributed by atoms with Crippen molar-refractivity contribution in [2.45, 2.75) is 13.1 Å². The lowest BCUT2D eigenvalue weighted by Gasteiger charge is -2.04. The van der Waals surface area contributed by atoms with Crippen LogP contribution in [0.2, 0.25) is 0 Å². The molecule has 1 N–H and O–H groups in total. The van der Waals surface area contributed by atoms with Crippen molar-refractivity contribution in [2.24, 2.45) is 0 Å². The highest BCUT2D eigenvalue weighted by Crippen LogP contribution is 2.33. The molecule has 0 saturated carbocycles. The number of pyridine rings is 1. The molecular formula is C11H9F3N2O3. The Morgan fingerprint density at radius 3 is 2.74 bits per heavy atom. The number of alkyl halides is 3. The summed E-state index contributed by atoms with van der Waals surface area (Å²) in [6.07, 6.45) is -3.65. The summed E-state index contributed by atoms with van der Waals surface area (Å²) in [5.41, 5.74) is -2.54. The summed E-state index contributed by atoms with van der Waals surface area (Å²) in [7, 11) is 0. The van der Waals surface area contributed by atoms with Gasteiger partial charge in [-0.25, -0.2) is 9.78 Å². The maximum absolute atomic E-state index is 12.8. The van der Waals surface area contributed by atoms with E-state index in [1.54, 1.807) is 6.92 Å². The third kappa shape index (κ3) is 2.20. The van der Waals surface area contributed by atoms with E-state index >= 15 is 0 Å². The highest BCUT2D eigenvalue weighted by Gasteiger charge is 2.40. The Morgan fingerprint density at radius 1 is 1.53 bits per heavy atom. The lowest BCUT2D eigenvalue weighted by atomic mass is 10.3. The molecule has 0 bridgehead atoms. The first-order valence-electron chi connectivity index (χ1n) is 5.30. The van der Waals surface area contributed by atoms with Gasteiger partial charge in [0.25, 0.3) is 0 Å². The molecule has 2 aromatic rings. The third-order valence-electron chi connectivity index (χ3n) is 2.39. The van der Waals surface area contributed by atoms with Gasteiger partial charge >= 0.3 is 12.1 Å². The Balaban J connectivity index is 2.80. The summed E-state index contributed by atoms with van der Waals surface area (Å²) in [5.74, 6) is -1.60. The van der Waals surface area contributed by atoms with Gasteiger partial charge in [-0.3, -0.25) is 4.40 Å². The van der Waals surface area contributed by atoms with Gasteiger partial charge in [-0.1, -0.05) is 0 Å². The normalized spacial score (nSPS) is 11.8. The standard InChI is InChI=1S/C11H9F3N2O3/c1-2-19-6-4-3-5-16-7(10(17)18)8(11(12,13)14)15-9(6)16/h3-5H,2H2,1H3,(H,17,18). The van der Waals surface area contributed by atoms with E-state index < -0.39 is 23.5 Å². The van der Waals surface area contributed by atoms with E-state index in [4.69, 9.17) is 9.84 Å². The van der Waals surface area contributed by atoms with Crippen LogP contribution >= 0.6 is 0 Å². The van der Waals surface area contributed by atoms with Gasteiger partial charge in [-0.15, -0.1) is 0 Å². The number of imidazole rings is 1. The van der Waals surface area contributed by atoms with E-state index in [-0.39, 0.29) is 18.0 Å². The highest BCUT2D eigenvalue weighted by molar-refractivity contribution is 5.89. The topological polar surface area (TPSA) is 63.8 Å². The Kier molecular flexibility index (Phi) is 3.09. The molecule has 2 rings (SSSR count). The van der Waals surface area contributed by atoms with E-state index in [9.17, 15) is 18.0 Å². The van der Waals surface area contributed by atoms with Crippen LogP contribution in [-0.4, -0.2) is 27.1 Å². The van der Waals surface area contributed by atoms with Crippen LogP contribution < -0.4 is 4.74 Å². The number of fused-ring (bicyclic) bond motifs is 1. The van der Waals surface area contributed by atoms with Gasteiger partial charge in [-0.2, -0.15) is 13.2 Å². The van der Waals surface area contributed by atoms with Crippen LogP contribution in [-0.2, 0) is 6.18 Å². The fourth-order valence-electron chi connectivity index (χ4n) is 1.71. The molecular weight excluding hydrogens is 265 g/mol. The largest absolute Gasteiger partial charge is 0.490 e. The van der Waals surface area contributed by atoms with Gasteiger partial charge < -0.3 is 9.84 Å². The highest BCUT2D eigenvalue weighted by atomic mass is 19.4. The van der Waals surface area contributed by atoms with Crippen LogP contribution in [0.5, 0.6) is 5.75 Å². The first kappa shape index (κ1) is 13.2. The molecule has 0 aliphatic carbocycles. The Bertz CT molecular complexity index is 634. The van der Waals surface area contributed by atoms with Crippen LogP contribution in [0.1, 0.15) is 23.1 Å². The smallest absolute Gasteiger partial charge is 0.435 e. The third-order valence-corrected chi connectivity index (χ3v) is 2.39. The second-order valence-corrected chi connectivity index (χ2v) is 3.61. The van der Waals surface area contributed by atoms with Crippen molar-refractivity contribution in [1.82, 2.24) is 9.38 Å². The predicted octanol–water partition coefficient (Wildman–Crippen LogP) is 2.45. The number of carboxylic acids is 1. The van der Waals surface area contributed by atoms with Crippen molar-refractivity contribution in [2.75, 3.05) is 6.61 Å². The van der Waals surface area contributed by atoms with E-state index in [2.05, 4.69) is 4.98 Å². The zero-order chi connectivity index (χ0) is 14.2. The Morgan fingerprint density at radius 2 is 2.21 bits per heavy atom. The van der Waals surface area contributed by atoms with Crippen molar-refractivity contribution in [3.05, 3.63) is 29.7 Å². The zero-order valence-corrected chi connectivity index (χ0v) is 9.73. The molecule has 0 radical (unpaired) electrons. The minimum absolute atomic E-state index is 0.100. The molecule has 0 fully saturated rings. The number of halogens is 3. The van der Waals surface area contributed by atoms with E-state index in [0.29, 0.717) is 0 Å². The van der Waals surface area contributed by atoms with E-state index in [1.165, 1.54) is 18.3 Å². The second kappa shape index (κ2) is 4.45. The van der Waals surface area contributed by atoms with Gasteiger partial charge in [0, 0.05) is 6.20 Å². The minimum Gasteiger partial charge on any atom is -0.490 e. The van der Waals surface area contributed by atoms with Crippen molar-refractivity contribution in [3.63, 3.8) is 0 Å². The molecule has 0 aliphatic heterocycles.